The molecule has 8 heteroatoms. The fourth-order valence-electron chi connectivity index (χ4n) is 3.31. The van der Waals surface area contributed by atoms with Gasteiger partial charge >= 0.3 is 0 Å². The average molecular weight is 417 g/mol. The Morgan fingerprint density at radius 1 is 0.682 bits per heavy atom. The van der Waals surface area contributed by atoms with Crippen molar-refractivity contribution in [2.24, 2.45) is 0 Å². The van der Waals surface area contributed by atoms with Gasteiger partial charge in [-0.2, -0.15) is 10.0 Å². The lowest BCUT2D eigenvalue weighted by Gasteiger charge is -2.52. The maximum absolute atomic E-state index is 6.37. The lowest BCUT2D eigenvalue weighted by molar-refractivity contribution is 0.146. The molecule has 22 heavy (non-hydrogen) atoms. The molecule has 4 rings (SSSR count). The van der Waals surface area contributed by atoms with Crippen molar-refractivity contribution in [3.63, 3.8) is 0 Å². The Morgan fingerprint density at radius 3 is 2.09 bits per heavy atom. The van der Waals surface area contributed by atoms with Gasteiger partial charge in [-0.25, -0.2) is 0 Å². The molecule has 0 aromatic rings. The second-order valence-corrected chi connectivity index (χ2v) is 16.6. The number of hydrogen-bond donors (Lipinski definition) is 0. The fraction of sp³-hybridized carbons (Fsp3) is 1.00. The molecule has 0 saturated carbocycles. The number of hydrogen-bond acceptors (Lipinski definition) is 7. The van der Waals surface area contributed by atoms with Crippen LogP contribution in [-0.2, 0) is 9.47 Å². The number of ether oxygens (including phenoxy) is 2. The van der Waals surface area contributed by atoms with E-state index in [9.17, 15) is 0 Å². The Labute approximate surface area is 156 Å². The molecule has 0 N–H and O–H groups in total. The Hall–Kier alpha value is 2.02. The van der Waals surface area contributed by atoms with E-state index in [4.69, 9.17) is 9.47 Å². The predicted molar refractivity (Wildman–Crippen MR) is 111 cm³/mol. The molecule has 4 fully saturated rings. The summed E-state index contributed by atoms with van der Waals surface area (Å²) in [7, 11) is -0.879. The van der Waals surface area contributed by atoms with Crippen LogP contribution in [0.15, 0.2) is 0 Å². The SMILES string of the molecule is C1CSC(C2SCCS2(C2OCCCS2)C2OCCS2)SC1. The van der Waals surface area contributed by atoms with Crippen LogP contribution in [-0.4, -0.2) is 66.4 Å². The highest BCUT2D eigenvalue weighted by Gasteiger charge is 2.55. The van der Waals surface area contributed by atoms with E-state index in [2.05, 4.69) is 58.8 Å². The van der Waals surface area contributed by atoms with Crippen molar-refractivity contribution < 1.29 is 9.47 Å². The molecule has 0 bridgehead atoms. The van der Waals surface area contributed by atoms with Gasteiger partial charge in [-0.3, -0.25) is 0 Å². The number of thioether (sulfide) groups is 5. The minimum atomic E-state index is -0.879. The van der Waals surface area contributed by atoms with Gasteiger partial charge in [0.05, 0.1) is 15.8 Å². The summed E-state index contributed by atoms with van der Waals surface area (Å²) in [6.07, 6.45) is 2.61. The third kappa shape index (κ3) is 3.33. The Morgan fingerprint density at radius 2 is 1.41 bits per heavy atom. The van der Waals surface area contributed by atoms with Crippen molar-refractivity contribution in [3.8, 4) is 0 Å². The van der Waals surface area contributed by atoms with Crippen molar-refractivity contribution in [2.45, 2.75) is 31.5 Å². The summed E-state index contributed by atoms with van der Waals surface area (Å²) >= 11 is 10.9. The predicted octanol–water partition coefficient (Wildman–Crippen LogP) is 4.54. The maximum atomic E-state index is 6.37. The first-order chi connectivity index (χ1) is 10.9. The molecule has 4 saturated heterocycles. The minimum Gasteiger partial charge on any atom is -0.359 e. The van der Waals surface area contributed by atoms with Gasteiger partial charge in [0.15, 0.2) is 0 Å². The Bertz CT molecular complexity index is 368. The summed E-state index contributed by atoms with van der Waals surface area (Å²) < 4.78 is 15.1. The molecule has 2 nitrogen and oxygen atoms in total. The first-order valence-corrected chi connectivity index (χ1v) is 15.2. The van der Waals surface area contributed by atoms with Crippen LogP contribution in [0.2, 0.25) is 0 Å². The molecule has 128 valence electrons. The summed E-state index contributed by atoms with van der Waals surface area (Å²) in [5.41, 5.74) is 0. The molecule has 0 aliphatic carbocycles. The van der Waals surface area contributed by atoms with E-state index in [0.717, 1.165) is 22.4 Å². The maximum Gasteiger partial charge on any atom is 0.138 e. The van der Waals surface area contributed by atoms with Crippen molar-refractivity contribution in [1.82, 2.24) is 0 Å². The van der Waals surface area contributed by atoms with Gasteiger partial charge in [-0.05, 0) is 35.9 Å². The molecule has 0 radical (unpaired) electrons. The van der Waals surface area contributed by atoms with Crippen molar-refractivity contribution in [1.29, 1.82) is 0 Å². The third-order valence-corrected chi connectivity index (χ3v) is 19.3. The summed E-state index contributed by atoms with van der Waals surface area (Å²) in [6.45, 7) is 1.91. The topological polar surface area (TPSA) is 18.5 Å². The monoisotopic (exact) mass is 416 g/mol. The van der Waals surface area contributed by atoms with Crippen LogP contribution in [0.5, 0.6) is 0 Å². The molecule has 4 aliphatic heterocycles. The van der Waals surface area contributed by atoms with Gasteiger partial charge in [-0.15, -0.1) is 58.8 Å². The van der Waals surface area contributed by atoms with Crippen LogP contribution in [0.25, 0.3) is 0 Å². The van der Waals surface area contributed by atoms with E-state index in [0.29, 0.717) is 9.54 Å². The zero-order chi connectivity index (χ0) is 14.8. The first kappa shape index (κ1) is 17.4. The van der Waals surface area contributed by atoms with Crippen molar-refractivity contribution >= 4 is 68.8 Å². The first-order valence-electron chi connectivity index (χ1n) is 8.00. The molecule has 0 aromatic heterocycles. The van der Waals surface area contributed by atoms with Gasteiger partial charge in [-0.1, -0.05) is 0 Å². The van der Waals surface area contributed by atoms with Crippen LogP contribution in [0.3, 0.4) is 0 Å². The molecule has 4 aliphatic rings. The fourth-order valence-corrected chi connectivity index (χ4v) is 21.4. The Kier molecular flexibility index (Phi) is 6.45. The second kappa shape index (κ2) is 8.14. The van der Waals surface area contributed by atoms with E-state index >= 15 is 0 Å². The van der Waals surface area contributed by atoms with Gasteiger partial charge in [0.1, 0.15) is 9.54 Å². The van der Waals surface area contributed by atoms with Crippen LogP contribution in [0.1, 0.15) is 12.8 Å². The van der Waals surface area contributed by atoms with Gasteiger partial charge in [0, 0.05) is 18.1 Å². The summed E-state index contributed by atoms with van der Waals surface area (Å²) in [4.78, 5) is 0. The third-order valence-electron chi connectivity index (χ3n) is 4.33. The van der Waals surface area contributed by atoms with Crippen molar-refractivity contribution in [3.05, 3.63) is 0 Å². The summed E-state index contributed by atoms with van der Waals surface area (Å²) in [5, 5.41) is 0. The molecule has 0 spiro atoms. The zero-order valence-electron chi connectivity index (χ0n) is 12.6. The van der Waals surface area contributed by atoms with Gasteiger partial charge < -0.3 is 9.47 Å². The van der Waals surface area contributed by atoms with Crippen LogP contribution >= 0.6 is 68.8 Å². The Balaban J connectivity index is 1.62. The molecule has 4 atom stereocenters. The van der Waals surface area contributed by atoms with Crippen LogP contribution in [0.4, 0.5) is 0 Å². The molecule has 4 unspecified atom stereocenters. The molecule has 0 amide bonds. The largest absolute Gasteiger partial charge is 0.359 e. The van der Waals surface area contributed by atoms with Gasteiger partial charge in [0.2, 0.25) is 0 Å². The van der Waals surface area contributed by atoms with Crippen molar-refractivity contribution in [2.75, 3.05) is 47.7 Å². The van der Waals surface area contributed by atoms with Crippen LogP contribution in [0, 0.1) is 0 Å². The average Bonchev–Trinajstić information content (AvgIpc) is 3.26. The van der Waals surface area contributed by atoms with Crippen LogP contribution < -0.4 is 0 Å². The van der Waals surface area contributed by atoms with E-state index in [1.54, 1.807) is 0 Å². The quantitative estimate of drug-likeness (QED) is 0.663. The van der Waals surface area contributed by atoms with E-state index in [1.165, 1.54) is 47.4 Å². The standard InChI is InChI=1S/C14H24O2S6/c1-3-15-13(20-5-1)22(14-16-4-8-21-14)10-9-19-12(22)11-17-6-2-7-18-11/h11-14H,1-10H2. The van der Waals surface area contributed by atoms with E-state index in [1.807, 2.05) is 0 Å². The highest BCUT2D eigenvalue weighted by Crippen LogP contribution is 2.75. The highest BCUT2D eigenvalue weighted by molar-refractivity contribution is 8.51. The summed E-state index contributed by atoms with van der Waals surface area (Å²) in [6, 6.07) is 0. The second-order valence-electron chi connectivity index (χ2n) is 5.73. The smallest absolute Gasteiger partial charge is 0.138 e. The highest BCUT2D eigenvalue weighted by atomic mass is 32.3. The molecule has 4 heterocycles. The van der Waals surface area contributed by atoms with E-state index in [-0.39, 0.29) is 0 Å². The lowest BCUT2D eigenvalue weighted by Crippen LogP contribution is -2.39. The van der Waals surface area contributed by atoms with Gasteiger partial charge in [0.25, 0.3) is 0 Å². The molecule has 0 aromatic carbocycles. The van der Waals surface area contributed by atoms with E-state index < -0.39 is 10.0 Å². The zero-order valence-corrected chi connectivity index (χ0v) is 17.5. The summed E-state index contributed by atoms with van der Waals surface area (Å²) in [5.74, 6) is 7.83. The number of rotatable bonds is 3. The molecular formula is C14H24O2S6. The molecular weight excluding hydrogens is 393 g/mol. The normalized spacial score (nSPS) is 47.4. The lowest BCUT2D eigenvalue weighted by atomic mass is 10.5. The minimum absolute atomic E-state index is 0.431.